The van der Waals surface area contributed by atoms with Crippen molar-refractivity contribution in [1.82, 2.24) is 0 Å². The van der Waals surface area contributed by atoms with Gasteiger partial charge < -0.3 is 14.7 Å². The number of alkyl halides is 2. The number of nitrogens with zero attached hydrogens (tertiary/aromatic N) is 1. The topological polar surface area (TPSA) is 105 Å². The molecule has 36 heavy (non-hydrogen) atoms. The van der Waals surface area contributed by atoms with Gasteiger partial charge in [-0.1, -0.05) is 42.8 Å². The van der Waals surface area contributed by atoms with Crippen molar-refractivity contribution >= 4 is 27.6 Å². The molecule has 2 unspecified atom stereocenters. The minimum Gasteiger partial charge on any atom is -0.497 e. The second kappa shape index (κ2) is 17.1. The summed E-state index contributed by atoms with van der Waals surface area (Å²) in [6, 6.07) is 13.5. The summed E-state index contributed by atoms with van der Waals surface area (Å²) in [7, 11) is -0.667. The first-order valence-corrected chi connectivity index (χ1v) is 14.1. The van der Waals surface area contributed by atoms with Gasteiger partial charge in [0.15, 0.2) is 0 Å². The predicted octanol–water partition coefficient (Wildman–Crippen LogP) is 5.75. The second-order valence-corrected chi connectivity index (χ2v) is 10.5. The van der Waals surface area contributed by atoms with Crippen LogP contribution in [-0.2, 0) is 10.1 Å². The van der Waals surface area contributed by atoms with Crippen LogP contribution in [-0.4, -0.2) is 68.7 Å². The average molecular weight is 548 g/mol. The number of thioether (sulfide) groups is 1. The molecule has 0 spiro atoms. The normalized spacial score (nSPS) is 12.6. The Balaban J connectivity index is 0.000000497. The molecular formula is C25H35F2NO6S2. The molecule has 11 heteroatoms. The Morgan fingerprint density at radius 1 is 0.917 bits per heavy atom. The van der Waals surface area contributed by atoms with E-state index in [-0.39, 0.29) is 11.5 Å². The number of ether oxygens (including phenoxy) is 2. The zero-order valence-corrected chi connectivity index (χ0v) is 22.4. The van der Waals surface area contributed by atoms with Crippen molar-refractivity contribution < 1.29 is 36.4 Å². The van der Waals surface area contributed by atoms with Crippen LogP contribution in [0.5, 0.6) is 11.5 Å². The van der Waals surface area contributed by atoms with E-state index in [0.717, 1.165) is 18.6 Å². The maximum atomic E-state index is 13.7. The van der Waals surface area contributed by atoms with Crippen LogP contribution in [0.2, 0.25) is 0 Å². The third-order valence-electron chi connectivity index (χ3n) is 5.30. The minimum absolute atomic E-state index is 0.0420. The zero-order valence-electron chi connectivity index (χ0n) is 20.8. The van der Waals surface area contributed by atoms with Crippen molar-refractivity contribution in [3.05, 3.63) is 59.7 Å². The van der Waals surface area contributed by atoms with Crippen molar-refractivity contribution in [1.29, 1.82) is 0 Å². The van der Waals surface area contributed by atoms with Crippen molar-refractivity contribution in [3.8, 4) is 11.5 Å². The lowest BCUT2D eigenvalue weighted by molar-refractivity contribution is 0.309. The van der Waals surface area contributed by atoms with E-state index >= 15 is 0 Å². The molecule has 7 nitrogen and oxygen atoms in total. The lowest BCUT2D eigenvalue weighted by Crippen LogP contribution is -2.24. The van der Waals surface area contributed by atoms with Crippen molar-refractivity contribution in [2.75, 3.05) is 44.8 Å². The Morgan fingerprint density at radius 2 is 1.36 bits per heavy atom. The first kappa shape index (κ1) is 31.7. The van der Waals surface area contributed by atoms with Crippen LogP contribution in [0.3, 0.4) is 0 Å². The van der Waals surface area contributed by atoms with Gasteiger partial charge in [0.2, 0.25) is 0 Å². The maximum Gasteiger partial charge on any atom is 0.265 e. The Labute approximate surface area is 216 Å². The number of hydrogen-bond donors (Lipinski definition) is 2. The number of unbranched alkanes of at least 4 members (excludes halogenated alkanes) is 1. The van der Waals surface area contributed by atoms with Crippen LogP contribution in [0, 0.1) is 0 Å². The molecule has 0 bridgehead atoms. The van der Waals surface area contributed by atoms with Crippen LogP contribution in [0.25, 0.3) is 0 Å². The summed E-state index contributed by atoms with van der Waals surface area (Å²) in [4.78, 5) is 0. The van der Waals surface area contributed by atoms with E-state index in [1.54, 1.807) is 60.3 Å². The second-order valence-electron chi connectivity index (χ2n) is 7.74. The summed E-state index contributed by atoms with van der Waals surface area (Å²) >= 11 is 1.57. The van der Waals surface area contributed by atoms with E-state index in [4.69, 9.17) is 14.0 Å². The van der Waals surface area contributed by atoms with Crippen LogP contribution < -0.4 is 9.47 Å². The molecule has 2 atom stereocenters. The lowest BCUT2D eigenvalue weighted by Gasteiger charge is -2.22. The highest BCUT2D eigenvalue weighted by molar-refractivity contribution is 8.00. The third kappa shape index (κ3) is 11.1. The molecule has 0 aliphatic heterocycles. The van der Waals surface area contributed by atoms with Crippen LogP contribution in [0.4, 0.5) is 8.78 Å². The van der Waals surface area contributed by atoms with Crippen LogP contribution >= 0.6 is 11.8 Å². The number of halogens is 2. The molecule has 0 aliphatic carbocycles. The molecule has 2 aromatic rings. The first-order chi connectivity index (χ1) is 17.2. The van der Waals surface area contributed by atoms with Crippen LogP contribution in [0.1, 0.15) is 42.7 Å². The summed E-state index contributed by atoms with van der Waals surface area (Å²) in [5.74, 6) is 0.909. The summed E-state index contributed by atoms with van der Waals surface area (Å²) in [5, 5.41) is 12.7. The third-order valence-corrected chi connectivity index (χ3v) is 7.35. The molecule has 2 N–H and O–H groups in total. The number of benzene rings is 2. The summed E-state index contributed by atoms with van der Waals surface area (Å²) in [5.41, 5.74) is 1.21. The largest absolute Gasteiger partial charge is 0.497 e. The fourth-order valence-corrected chi connectivity index (χ4v) is 5.26. The van der Waals surface area contributed by atoms with Crippen molar-refractivity contribution in [2.24, 2.45) is 5.16 Å². The standard InChI is InChI=1S/C19H21F2NO3.C6H14O3S2/c1-24-15-7-3-13(4-8-15)17(11-20)19(22-23)18(12-21)14-5-9-16(25-2)10-6-14;1-2-3-4-10-5-6-11(7,8)9/h3-10,17-18,23H,11-12H2,1-2H3;2-6H2,1H3,(H,7,8,9). The maximum absolute atomic E-state index is 13.7. The molecule has 202 valence electrons. The molecule has 0 saturated heterocycles. The number of hydrogen-bond acceptors (Lipinski definition) is 7. The highest BCUT2D eigenvalue weighted by Gasteiger charge is 2.28. The monoisotopic (exact) mass is 547 g/mol. The van der Waals surface area contributed by atoms with Crippen molar-refractivity contribution in [3.63, 3.8) is 0 Å². The highest BCUT2D eigenvalue weighted by Crippen LogP contribution is 2.30. The zero-order chi connectivity index (χ0) is 27.0. The fraction of sp³-hybridized carbons (Fsp3) is 0.480. The molecule has 0 heterocycles. The Bertz CT molecular complexity index is 945. The van der Waals surface area contributed by atoms with Gasteiger partial charge in [-0.25, -0.2) is 0 Å². The van der Waals surface area contributed by atoms with E-state index < -0.39 is 35.3 Å². The van der Waals surface area contributed by atoms with Gasteiger partial charge in [0.05, 0.1) is 37.5 Å². The summed E-state index contributed by atoms with van der Waals surface area (Å²) in [6.45, 7) is 0.472. The van der Waals surface area contributed by atoms with Gasteiger partial charge in [0, 0.05) is 5.75 Å². The molecule has 0 radical (unpaired) electrons. The highest BCUT2D eigenvalue weighted by atomic mass is 32.2. The van der Waals surface area contributed by atoms with E-state index in [2.05, 4.69) is 12.1 Å². The quantitative estimate of drug-likeness (QED) is 0.102. The molecular weight excluding hydrogens is 512 g/mol. The van der Waals surface area contributed by atoms with E-state index in [1.807, 2.05) is 0 Å². The number of rotatable bonds is 14. The van der Waals surface area contributed by atoms with Gasteiger partial charge in [-0.15, -0.1) is 0 Å². The van der Waals surface area contributed by atoms with Gasteiger partial charge in [-0.05, 0) is 47.6 Å². The lowest BCUT2D eigenvalue weighted by atomic mass is 9.84. The van der Waals surface area contributed by atoms with E-state index in [0.29, 0.717) is 28.4 Å². The number of methoxy groups -OCH3 is 2. The Hall–Kier alpha value is -2.37. The SMILES string of the molecule is CCCCSCCS(=O)(=O)O.COc1ccc(C(CF)C(=NO)C(CF)c2ccc(OC)cc2)cc1. The molecule has 0 aliphatic rings. The van der Waals surface area contributed by atoms with E-state index in [9.17, 15) is 22.4 Å². The predicted molar refractivity (Wildman–Crippen MR) is 141 cm³/mol. The molecule has 2 rings (SSSR count). The van der Waals surface area contributed by atoms with E-state index in [1.165, 1.54) is 14.2 Å². The van der Waals surface area contributed by atoms with Gasteiger partial charge in [-0.3, -0.25) is 13.3 Å². The molecule has 0 amide bonds. The summed E-state index contributed by atoms with van der Waals surface area (Å²) < 4.78 is 66.4. The minimum atomic E-state index is -3.73. The average Bonchev–Trinajstić information content (AvgIpc) is 2.89. The molecule has 0 saturated carbocycles. The first-order valence-electron chi connectivity index (χ1n) is 11.4. The Morgan fingerprint density at radius 3 is 1.67 bits per heavy atom. The fourth-order valence-electron chi connectivity index (χ4n) is 3.25. The molecule has 0 fully saturated rings. The van der Waals surface area contributed by atoms with Gasteiger partial charge in [0.25, 0.3) is 10.1 Å². The van der Waals surface area contributed by atoms with Gasteiger partial charge in [0.1, 0.15) is 24.8 Å². The molecule has 0 aromatic heterocycles. The molecule has 2 aromatic carbocycles. The van der Waals surface area contributed by atoms with Crippen LogP contribution in [0.15, 0.2) is 53.7 Å². The number of oxime groups is 1. The summed E-state index contributed by atoms with van der Waals surface area (Å²) in [6.07, 6.45) is 2.23. The smallest absolute Gasteiger partial charge is 0.265 e. The van der Waals surface area contributed by atoms with Crippen molar-refractivity contribution in [2.45, 2.75) is 31.6 Å². The Kier molecular flexibility index (Phi) is 15.1. The van der Waals surface area contributed by atoms with Gasteiger partial charge >= 0.3 is 0 Å². The van der Waals surface area contributed by atoms with Gasteiger partial charge in [-0.2, -0.15) is 20.2 Å².